The molecule has 6 heteroatoms. The van der Waals surface area contributed by atoms with Gasteiger partial charge in [-0.3, -0.25) is 4.79 Å². The van der Waals surface area contributed by atoms with E-state index < -0.39 is 12.1 Å². The number of unbranched alkanes of at least 4 members (excludes halogenated alkanes) is 5. The topological polar surface area (TPSA) is 80.0 Å². The molecule has 0 saturated carbocycles. The van der Waals surface area contributed by atoms with Gasteiger partial charge < -0.3 is 24.7 Å². The fourth-order valence-corrected chi connectivity index (χ4v) is 3.03. The molecule has 0 amide bonds. The van der Waals surface area contributed by atoms with Crippen LogP contribution in [0.25, 0.3) is 0 Å². The van der Waals surface area contributed by atoms with Crippen LogP contribution < -0.4 is 5.73 Å². The third-order valence-corrected chi connectivity index (χ3v) is 4.35. The molecule has 1 aliphatic heterocycles. The molecule has 1 heterocycles. The van der Waals surface area contributed by atoms with E-state index in [1.165, 1.54) is 25.7 Å². The fraction of sp³-hybridized carbons (Fsp3) is 0.842. The number of allylic oxidation sites excluding steroid dienone is 1. The van der Waals surface area contributed by atoms with Gasteiger partial charge in [-0.15, -0.1) is 0 Å². The Morgan fingerprint density at radius 3 is 2.60 bits per heavy atom. The lowest BCUT2D eigenvalue weighted by Crippen LogP contribution is -2.56. The van der Waals surface area contributed by atoms with E-state index in [4.69, 9.17) is 24.7 Å². The van der Waals surface area contributed by atoms with Crippen molar-refractivity contribution in [2.45, 2.75) is 76.8 Å². The Morgan fingerprint density at radius 1 is 1.20 bits per heavy atom. The summed E-state index contributed by atoms with van der Waals surface area (Å²) < 4.78 is 22.6. The minimum absolute atomic E-state index is 0.167. The van der Waals surface area contributed by atoms with E-state index >= 15 is 0 Å². The summed E-state index contributed by atoms with van der Waals surface area (Å²) in [6.07, 6.45) is 9.77. The Bertz CT molecular complexity index is 388. The number of ether oxygens (including phenoxy) is 4. The van der Waals surface area contributed by atoms with Crippen molar-refractivity contribution < 1.29 is 23.7 Å². The van der Waals surface area contributed by atoms with E-state index in [1.54, 1.807) is 7.11 Å². The first-order chi connectivity index (χ1) is 12.2. The second-order valence-electron chi connectivity index (χ2n) is 6.28. The van der Waals surface area contributed by atoms with E-state index in [2.05, 4.69) is 13.0 Å². The molecule has 2 N–H and O–H groups in total. The molecule has 4 atom stereocenters. The third kappa shape index (κ3) is 7.86. The molecule has 146 valence electrons. The van der Waals surface area contributed by atoms with E-state index in [-0.39, 0.29) is 24.9 Å². The summed E-state index contributed by atoms with van der Waals surface area (Å²) in [4.78, 5) is 11.7. The summed E-state index contributed by atoms with van der Waals surface area (Å²) in [5.41, 5.74) is 5.39. The van der Waals surface area contributed by atoms with Gasteiger partial charge in [-0.2, -0.15) is 0 Å². The Labute approximate surface area is 152 Å². The molecule has 0 bridgehead atoms. The van der Waals surface area contributed by atoms with Crippen LogP contribution in [-0.2, 0) is 23.7 Å². The first-order valence-electron chi connectivity index (χ1n) is 9.50. The smallest absolute Gasteiger partial charge is 0.320 e. The molecular formula is C19H35NO5. The molecule has 1 aliphatic rings. The summed E-state index contributed by atoms with van der Waals surface area (Å²) in [7, 11) is 1.60. The number of nitrogens with two attached hydrogens (primary N) is 1. The first kappa shape index (κ1) is 22.1. The fourth-order valence-electron chi connectivity index (χ4n) is 3.03. The van der Waals surface area contributed by atoms with Crippen LogP contribution in [0.5, 0.6) is 0 Å². The highest BCUT2D eigenvalue weighted by molar-refractivity contribution is 5.71. The molecule has 1 fully saturated rings. The van der Waals surface area contributed by atoms with Gasteiger partial charge >= 0.3 is 5.97 Å². The van der Waals surface area contributed by atoms with Crippen LogP contribution >= 0.6 is 0 Å². The van der Waals surface area contributed by atoms with Crippen LogP contribution in [0.1, 0.15) is 52.4 Å². The van der Waals surface area contributed by atoms with Gasteiger partial charge in [-0.05, 0) is 19.8 Å². The van der Waals surface area contributed by atoms with Crippen LogP contribution in [0, 0.1) is 0 Å². The largest absolute Gasteiger partial charge is 0.455 e. The van der Waals surface area contributed by atoms with Gasteiger partial charge in [0.2, 0.25) is 0 Å². The van der Waals surface area contributed by atoms with Crippen molar-refractivity contribution in [3.8, 4) is 0 Å². The molecule has 0 aliphatic carbocycles. The molecule has 0 aromatic rings. The number of esters is 1. The summed E-state index contributed by atoms with van der Waals surface area (Å²) >= 11 is 0. The molecule has 0 aromatic heterocycles. The van der Waals surface area contributed by atoms with Gasteiger partial charge in [-0.1, -0.05) is 44.8 Å². The van der Waals surface area contributed by atoms with Crippen molar-refractivity contribution in [3.63, 3.8) is 0 Å². The van der Waals surface area contributed by atoms with Crippen molar-refractivity contribution in [2.24, 2.45) is 5.73 Å². The Balaban J connectivity index is 2.62. The van der Waals surface area contributed by atoms with Gasteiger partial charge in [0.05, 0.1) is 13.2 Å². The molecule has 25 heavy (non-hydrogen) atoms. The minimum atomic E-state index is -0.553. The van der Waals surface area contributed by atoms with Crippen LogP contribution in [0.3, 0.4) is 0 Å². The Hall–Kier alpha value is -0.950. The lowest BCUT2D eigenvalue weighted by Gasteiger charge is -2.40. The number of rotatable bonds is 12. The number of carbonyl (C=O) groups excluding carboxylic acids is 1. The molecular weight excluding hydrogens is 322 g/mol. The van der Waals surface area contributed by atoms with E-state index in [0.717, 1.165) is 12.8 Å². The van der Waals surface area contributed by atoms with E-state index in [1.807, 2.05) is 13.0 Å². The predicted molar refractivity (Wildman–Crippen MR) is 97.4 cm³/mol. The van der Waals surface area contributed by atoms with E-state index in [9.17, 15) is 4.79 Å². The highest BCUT2D eigenvalue weighted by Crippen LogP contribution is 2.24. The number of methoxy groups -OCH3 is 1. The zero-order chi connectivity index (χ0) is 18.5. The van der Waals surface area contributed by atoms with Crippen LogP contribution in [-0.4, -0.2) is 57.3 Å². The molecule has 0 aromatic carbocycles. The maximum Gasteiger partial charge on any atom is 0.320 e. The molecule has 6 nitrogen and oxygen atoms in total. The highest BCUT2D eigenvalue weighted by atomic mass is 16.6. The van der Waals surface area contributed by atoms with Crippen molar-refractivity contribution in [1.82, 2.24) is 0 Å². The lowest BCUT2D eigenvalue weighted by molar-refractivity contribution is -0.213. The van der Waals surface area contributed by atoms with Gasteiger partial charge in [0.25, 0.3) is 0 Å². The summed E-state index contributed by atoms with van der Waals surface area (Å²) in [5.74, 6) is -0.467. The summed E-state index contributed by atoms with van der Waals surface area (Å²) in [6, 6.07) is 0. The van der Waals surface area contributed by atoms with Crippen LogP contribution in [0.2, 0.25) is 0 Å². The predicted octanol–water partition coefficient (Wildman–Crippen LogP) is 2.59. The first-order valence-corrected chi connectivity index (χ1v) is 9.50. The Morgan fingerprint density at radius 2 is 1.96 bits per heavy atom. The average Bonchev–Trinajstić information content (AvgIpc) is 2.62. The zero-order valence-corrected chi connectivity index (χ0v) is 15.9. The van der Waals surface area contributed by atoms with Gasteiger partial charge in [0.1, 0.15) is 18.3 Å². The molecule has 0 unspecified atom stereocenters. The van der Waals surface area contributed by atoms with Crippen molar-refractivity contribution in [3.05, 3.63) is 12.2 Å². The maximum absolute atomic E-state index is 11.7. The van der Waals surface area contributed by atoms with Gasteiger partial charge in [-0.25, -0.2) is 0 Å². The zero-order valence-electron chi connectivity index (χ0n) is 15.9. The van der Waals surface area contributed by atoms with Crippen molar-refractivity contribution >= 4 is 5.97 Å². The third-order valence-electron chi connectivity index (χ3n) is 4.35. The highest BCUT2D eigenvalue weighted by Gasteiger charge is 2.42. The van der Waals surface area contributed by atoms with Gasteiger partial charge in [0.15, 0.2) is 6.10 Å². The SMILES string of the molecule is CCCCCCCC=C[C@@H]1OC[C@@H](OCC)[C@H](OC)[C@@H]1OC(=O)CN. The molecule has 1 rings (SSSR count). The number of hydrogen-bond acceptors (Lipinski definition) is 6. The minimum Gasteiger partial charge on any atom is -0.455 e. The van der Waals surface area contributed by atoms with Crippen LogP contribution in [0.4, 0.5) is 0 Å². The average molecular weight is 357 g/mol. The standard InChI is InChI=1S/C19H35NO5/c1-4-6-7-8-9-10-11-12-15-19(25-17(21)13-20)18(22-3)16(14-24-15)23-5-2/h11-12,15-16,18-19H,4-10,13-14,20H2,1-3H3/t15-,16+,18-,19+/m0/s1. The molecule has 0 radical (unpaired) electrons. The van der Waals surface area contributed by atoms with E-state index in [0.29, 0.717) is 13.2 Å². The summed E-state index contributed by atoms with van der Waals surface area (Å²) in [6.45, 7) is 4.92. The summed E-state index contributed by atoms with van der Waals surface area (Å²) in [5, 5.41) is 0. The number of hydrogen-bond donors (Lipinski definition) is 1. The van der Waals surface area contributed by atoms with Gasteiger partial charge in [0, 0.05) is 13.7 Å². The Kier molecular flexibility index (Phi) is 11.7. The molecule has 0 spiro atoms. The number of carbonyl (C=O) groups is 1. The maximum atomic E-state index is 11.7. The van der Waals surface area contributed by atoms with Crippen LogP contribution in [0.15, 0.2) is 12.2 Å². The molecule has 1 saturated heterocycles. The second-order valence-corrected chi connectivity index (χ2v) is 6.28. The van der Waals surface area contributed by atoms with Crippen molar-refractivity contribution in [1.29, 1.82) is 0 Å². The lowest BCUT2D eigenvalue weighted by atomic mass is 9.98. The quantitative estimate of drug-likeness (QED) is 0.328. The normalized spacial score (nSPS) is 26.9. The van der Waals surface area contributed by atoms with Crippen molar-refractivity contribution in [2.75, 3.05) is 26.9 Å². The second kappa shape index (κ2) is 13.3. The monoisotopic (exact) mass is 357 g/mol.